The third-order valence-corrected chi connectivity index (χ3v) is 4.77. The second kappa shape index (κ2) is 10.9. The number of halogens is 1. The van der Waals surface area contributed by atoms with Crippen LogP contribution in [0, 0.1) is 0 Å². The van der Waals surface area contributed by atoms with E-state index in [1.807, 2.05) is 11.8 Å². The normalized spacial score (nSPS) is 17.4. The molecule has 1 amide bonds. The standard InChI is InChI=1S/C21H34N4O.HI/c1-6-19(26)25-13-12-18(15-25)24-20(22-7-2)23-14-16-8-10-17(11-9-16)21(3,4)5;/h8-11,18H,6-7,12-15H2,1-5H3,(H2,22,23,24);1H. The van der Waals surface area contributed by atoms with Gasteiger partial charge in [-0.3, -0.25) is 4.79 Å². The molecule has 1 heterocycles. The van der Waals surface area contributed by atoms with Crippen molar-refractivity contribution in [2.75, 3.05) is 19.6 Å². The van der Waals surface area contributed by atoms with Gasteiger partial charge in [0.1, 0.15) is 0 Å². The fraction of sp³-hybridized carbons (Fsp3) is 0.619. The third-order valence-electron chi connectivity index (χ3n) is 4.77. The molecule has 1 atom stereocenters. The summed E-state index contributed by atoms with van der Waals surface area (Å²) >= 11 is 0. The zero-order valence-corrected chi connectivity index (χ0v) is 19.7. The fourth-order valence-corrected chi connectivity index (χ4v) is 3.12. The summed E-state index contributed by atoms with van der Waals surface area (Å²) in [6.07, 6.45) is 1.54. The van der Waals surface area contributed by atoms with E-state index < -0.39 is 0 Å². The summed E-state index contributed by atoms with van der Waals surface area (Å²) < 4.78 is 0. The molecule has 152 valence electrons. The van der Waals surface area contributed by atoms with Crippen LogP contribution in [0.25, 0.3) is 0 Å². The van der Waals surface area contributed by atoms with Gasteiger partial charge in [-0.05, 0) is 29.9 Å². The molecule has 6 heteroatoms. The molecule has 0 aliphatic carbocycles. The summed E-state index contributed by atoms with van der Waals surface area (Å²) in [5.74, 6) is 1.05. The van der Waals surface area contributed by atoms with E-state index in [0.29, 0.717) is 13.0 Å². The van der Waals surface area contributed by atoms with Gasteiger partial charge in [0.2, 0.25) is 5.91 Å². The Balaban J connectivity index is 0.00000364. The molecule has 1 fully saturated rings. The first kappa shape index (κ1) is 23.7. The Labute approximate surface area is 181 Å². The second-order valence-electron chi connectivity index (χ2n) is 7.97. The van der Waals surface area contributed by atoms with Gasteiger partial charge in [-0.2, -0.15) is 0 Å². The number of nitrogens with zero attached hydrogens (tertiary/aromatic N) is 2. The maximum atomic E-state index is 11.8. The molecule has 0 radical (unpaired) electrons. The minimum Gasteiger partial charge on any atom is -0.357 e. The summed E-state index contributed by atoms with van der Waals surface area (Å²) in [5, 5.41) is 6.79. The van der Waals surface area contributed by atoms with Crippen LogP contribution < -0.4 is 10.6 Å². The van der Waals surface area contributed by atoms with Gasteiger partial charge in [0.25, 0.3) is 0 Å². The van der Waals surface area contributed by atoms with Crippen LogP contribution in [0.3, 0.4) is 0 Å². The topological polar surface area (TPSA) is 56.7 Å². The molecule has 0 spiro atoms. The largest absolute Gasteiger partial charge is 0.357 e. The van der Waals surface area contributed by atoms with Crippen LogP contribution in [-0.4, -0.2) is 42.4 Å². The van der Waals surface area contributed by atoms with Gasteiger partial charge in [0.15, 0.2) is 5.96 Å². The number of carbonyl (C=O) groups is 1. The maximum Gasteiger partial charge on any atom is 0.222 e. The number of nitrogens with one attached hydrogen (secondary N) is 2. The van der Waals surface area contributed by atoms with Crippen LogP contribution in [0.2, 0.25) is 0 Å². The predicted octanol–water partition coefficient (Wildman–Crippen LogP) is 3.67. The van der Waals surface area contributed by atoms with Crippen molar-refractivity contribution < 1.29 is 4.79 Å². The molecule has 1 aliphatic heterocycles. The van der Waals surface area contributed by atoms with E-state index in [4.69, 9.17) is 4.99 Å². The Kier molecular flexibility index (Phi) is 9.56. The van der Waals surface area contributed by atoms with Crippen LogP contribution in [0.1, 0.15) is 58.6 Å². The average Bonchev–Trinajstić information content (AvgIpc) is 3.07. The lowest BCUT2D eigenvalue weighted by Gasteiger charge is -2.19. The molecule has 0 aromatic heterocycles. The van der Waals surface area contributed by atoms with Crippen molar-refractivity contribution in [2.24, 2.45) is 4.99 Å². The number of amides is 1. The van der Waals surface area contributed by atoms with Crippen LogP contribution in [0.5, 0.6) is 0 Å². The summed E-state index contributed by atoms with van der Waals surface area (Å²) in [6.45, 7) is 13.7. The summed E-state index contributed by atoms with van der Waals surface area (Å²) in [7, 11) is 0. The molecule has 1 aliphatic rings. The van der Waals surface area contributed by atoms with Crippen LogP contribution >= 0.6 is 24.0 Å². The van der Waals surface area contributed by atoms with Crippen molar-refractivity contribution in [3.05, 3.63) is 35.4 Å². The Bertz CT molecular complexity index is 622. The third kappa shape index (κ3) is 7.31. The molecule has 1 aromatic carbocycles. The van der Waals surface area contributed by atoms with Crippen molar-refractivity contribution in [3.8, 4) is 0 Å². The highest BCUT2D eigenvalue weighted by Gasteiger charge is 2.25. The van der Waals surface area contributed by atoms with E-state index >= 15 is 0 Å². The lowest BCUT2D eigenvalue weighted by Crippen LogP contribution is -2.45. The zero-order valence-electron chi connectivity index (χ0n) is 17.3. The molecule has 2 N–H and O–H groups in total. The maximum absolute atomic E-state index is 11.8. The molecule has 0 bridgehead atoms. The van der Waals surface area contributed by atoms with E-state index in [1.165, 1.54) is 11.1 Å². The second-order valence-corrected chi connectivity index (χ2v) is 7.97. The monoisotopic (exact) mass is 486 g/mol. The Morgan fingerprint density at radius 2 is 1.89 bits per heavy atom. The number of carbonyl (C=O) groups excluding carboxylic acids is 1. The van der Waals surface area contributed by atoms with E-state index in [0.717, 1.165) is 32.0 Å². The minimum atomic E-state index is 0. The van der Waals surface area contributed by atoms with Gasteiger partial charge in [-0.25, -0.2) is 4.99 Å². The van der Waals surface area contributed by atoms with Crippen molar-refractivity contribution in [2.45, 2.75) is 65.5 Å². The number of hydrogen-bond acceptors (Lipinski definition) is 2. The lowest BCUT2D eigenvalue weighted by atomic mass is 9.87. The van der Waals surface area contributed by atoms with Gasteiger partial charge in [0, 0.05) is 32.1 Å². The summed E-state index contributed by atoms with van der Waals surface area (Å²) in [6, 6.07) is 8.97. The van der Waals surface area contributed by atoms with E-state index in [-0.39, 0.29) is 41.3 Å². The number of hydrogen-bond donors (Lipinski definition) is 2. The van der Waals surface area contributed by atoms with Gasteiger partial charge < -0.3 is 15.5 Å². The molecule has 0 saturated carbocycles. The molecular weight excluding hydrogens is 451 g/mol. The van der Waals surface area contributed by atoms with Crippen LogP contribution in [0.4, 0.5) is 0 Å². The molecule has 27 heavy (non-hydrogen) atoms. The Morgan fingerprint density at radius 3 is 2.44 bits per heavy atom. The Hall–Kier alpha value is -1.31. The van der Waals surface area contributed by atoms with E-state index in [9.17, 15) is 4.79 Å². The number of likely N-dealkylation sites (tertiary alicyclic amines) is 1. The van der Waals surface area contributed by atoms with Gasteiger partial charge in [-0.15, -0.1) is 24.0 Å². The first-order valence-electron chi connectivity index (χ1n) is 9.75. The van der Waals surface area contributed by atoms with Crippen molar-refractivity contribution in [3.63, 3.8) is 0 Å². The number of benzene rings is 1. The smallest absolute Gasteiger partial charge is 0.222 e. The fourth-order valence-electron chi connectivity index (χ4n) is 3.12. The zero-order chi connectivity index (χ0) is 19.2. The highest BCUT2D eigenvalue weighted by Crippen LogP contribution is 2.22. The van der Waals surface area contributed by atoms with Gasteiger partial charge in [-0.1, -0.05) is 52.0 Å². The van der Waals surface area contributed by atoms with Crippen LogP contribution in [0.15, 0.2) is 29.3 Å². The van der Waals surface area contributed by atoms with Crippen molar-refractivity contribution >= 4 is 35.8 Å². The number of guanidine groups is 1. The molecule has 1 unspecified atom stereocenters. The number of aliphatic imine (C=N–C) groups is 1. The van der Waals surface area contributed by atoms with Gasteiger partial charge in [0.05, 0.1) is 6.54 Å². The average molecular weight is 486 g/mol. The highest BCUT2D eigenvalue weighted by atomic mass is 127. The first-order chi connectivity index (χ1) is 12.3. The summed E-state index contributed by atoms with van der Waals surface area (Å²) in [5.41, 5.74) is 2.70. The van der Waals surface area contributed by atoms with Crippen molar-refractivity contribution in [1.82, 2.24) is 15.5 Å². The van der Waals surface area contributed by atoms with Crippen molar-refractivity contribution in [1.29, 1.82) is 0 Å². The molecular formula is C21H35IN4O. The Morgan fingerprint density at radius 1 is 1.22 bits per heavy atom. The minimum absolute atomic E-state index is 0. The van der Waals surface area contributed by atoms with Crippen LogP contribution in [-0.2, 0) is 16.8 Å². The molecule has 1 saturated heterocycles. The summed E-state index contributed by atoms with van der Waals surface area (Å²) in [4.78, 5) is 18.5. The first-order valence-corrected chi connectivity index (χ1v) is 9.75. The quantitative estimate of drug-likeness (QED) is 0.380. The molecule has 5 nitrogen and oxygen atoms in total. The molecule has 1 aromatic rings. The lowest BCUT2D eigenvalue weighted by molar-refractivity contribution is -0.129. The van der Waals surface area contributed by atoms with Gasteiger partial charge >= 0.3 is 0 Å². The number of rotatable bonds is 5. The van der Waals surface area contributed by atoms with E-state index in [2.05, 4.69) is 62.6 Å². The van der Waals surface area contributed by atoms with E-state index in [1.54, 1.807) is 0 Å². The predicted molar refractivity (Wildman–Crippen MR) is 124 cm³/mol. The SMILES string of the molecule is CCNC(=NCc1ccc(C(C)(C)C)cc1)NC1CCN(C(=O)CC)C1.I. The highest BCUT2D eigenvalue weighted by molar-refractivity contribution is 14.0. The molecule has 2 rings (SSSR count).